The molecule has 0 aromatic heterocycles. The molecule has 6 heteroatoms. The molecule has 3 nitrogen and oxygen atoms in total. The zero-order valence-electron chi connectivity index (χ0n) is 8.86. The molecule has 1 N–H and O–H groups in total. The van der Waals surface area contributed by atoms with E-state index in [-0.39, 0.29) is 13.0 Å². The molecule has 0 aromatic rings. The molecule has 0 aromatic carbocycles. The number of carbonyl (C=O) groups excluding carboxylic acids is 1. The Morgan fingerprint density at radius 1 is 1.33 bits per heavy atom. The van der Waals surface area contributed by atoms with Crippen LogP contribution in [-0.4, -0.2) is 29.8 Å². The molecule has 1 aliphatic heterocycles. The Labute approximate surface area is 86.0 Å². The van der Waals surface area contributed by atoms with Crippen LogP contribution >= 0.6 is 0 Å². The number of halogens is 3. The van der Waals surface area contributed by atoms with Gasteiger partial charge in [0.15, 0.2) is 0 Å². The van der Waals surface area contributed by atoms with E-state index >= 15 is 0 Å². The normalized spacial score (nSPS) is 27.1. The lowest BCUT2D eigenvalue weighted by molar-refractivity contribution is -0.233. The SMILES string of the molecule is CC(C)(C)OC(=O)[C@@]1(C(F)(F)F)CCN1. The van der Waals surface area contributed by atoms with Crippen LogP contribution in [0.5, 0.6) is 0 Å². The third kappa shape index (κ3) is 2.25. The Bertz CT molecular complexity index is 264. The highest BCUT2D eigenvalue weighted by atomic mass is 19.4. The summed E-state index contributed by atoms with van der Waals surface area (Å²) in [6.45, 7) is 4.79. The van der Waals surface area contributed by atoms with Gasteiger partial charge in [-0.25, -0.2) is 4.79 Å². The van der Waals surface area contributed by atoms with Gasteiger partial charge in [0.25, 0.3) is 0 Å². The van der Waals surface area contributed by atoms with Crippen LogP contribution in [0.2, 0.25) is 0 Å². The number of hydrogen-bond donors (Lipinski definition) is 1. The van der Waals surface area contributed by atoms with Crippen molar-refractivity contribution < 1.29 is 22.7 Å². The van der Waals surface area contributed by atoms with Crippen molar-refractivity contribution in [1.82, 2.24) is 5.32 Å². The Kier molecular flexibility index (Phi) is 2.76. The summed E-state index contributed by atoms with van der Waals surface area (Å²) in [4.78, 5) is 11.4. The molecule has 0 bridgehead atoms. The van der Waals surface area contributed by atoms with Crippen LogP contribution in [0.3, 0.4) is 0 Å². The molecule has 1 fully saturated rings. The van der Waals surface area contributed by atoms with Crippen LogP contribution in [0.4, 0.5) is 13.2 Å². The number of nitrogens with one attached hydrogen (secondary N) is 1. The molecule has 0 aliphatic carbocycles. The number of esters is 1. The second-order valence-corrected chi connectivity index (χ2v) is 4.58. The van der Waals surface area contributed by atoms with E-state index in [4.69, 9.17) is 4.74 Å². The Balaban J connectivity index is 2.80. The minimum atomic E-state index is -4.60. The van der Waals surface area contributed by atoms with E-state index in [1.807, 2.05) is 0 Å². The second-order valence-electron chi connectivity index (χ2n) is 4.58. The summed E-state index contributed by atoms with van der Waals surface area (Å²) in [5.74, 6) is -1.24. The molecular formula is C9H14F3NO2. The minimum absolute atomic E-state index is 0.179. The molecule has 1 saturated heterocycles. The van der Waals surface area contributed by atoms with Gasteiger partial charge in [-0.05, 0) is 33.7 Å². The molecule has 0 amide bonds. The standard InChI is InChI=1S/C9H14F3NO2/c1-7(2,3)15-6(14)8(4-5-13-8)9(10,11)12/h13H,4-5H2,1-3H3/t8-/m1/s1. The summed E-state index contributed by atoms with van der Waals surface area (Å²) in [6.07, 6.45) is -4.86. The van der Waals surface area contributed by atoms with Gasteiger partial charge in [0.2, 0.25) is 5.54 Å². The van der Waals surface area contributed by atoms with Crippen molar-refractivity contribution in [3.05, 3.63) is 0 Å². The van der Waals surface area contributed by atoms with E-state index in [2.05, 4.69) is 5.32 Å². The Hall–Kier alpha value is -0.780. The number of hydrogen-bond acceptors (Lipinski definition) is 3. The topological polar surface area (TPSA) is 38.3 Å². The highest BCUT2D eigenvalue weighted by Gasteiger charge is 2.65. The molecule has 1 heterocycles. The van der Waals surface area contributed by atoms with Crippen LogP contribution in [0.1, 0.15) is 27.2 Å². The molecule has 0 radical (unpaired) electrons. The van der Waals surface area contributed by atoms with E-state index < -0.39 is 23.3 Å². The van der Waals surface area contributed by atoms with Gasteiger partial charge in [-0.3, -0.25) is 5.32 Å². The highest BCUT2D eigenvalue weighted by Crippen LogP contribution is 2.39. The van der Waals surface area contributed by atoms with Gasteiger partial charge < -0.3 is 4.74 Å². The maximum Gasteiger partial charge on any atom is 0.417 e. The van der Waals surface area contributed by atoms with Gasteiger partial charge in [-0.1, -0.05) is 0 Å². The predicted octanol–water partition coefficient (Wildman–Crippen LogP) is 1.62. The third-order valence-corrected chi connectivity index (χ3v) is 2.16. The van der Waals surface area contributed by atoms with Crippen LogP contribution in [0.15, 0.2) is 0 Å². The summed E-state index contributed by atoms with van der Waals surface area (Å²) in [6, 6.07) is 0. The largest absolute Gasteiger partial charge is 0.458 e. The van der Waals surface area contributed by atoms with Crippen molar-refractivity contribution in [2.45, 2.75) is 44.5 Å². The molecule has 0 saturated carbocycles. The number of carbonyl (C=O) groups is 1. The van der Waals surface area contributed by atoms with Gasteiger partial charge in [0, 0.05) is 0 Å². The van der Waals surface area contributed by atoms with Gasteiger partial charge in [-0.2, -0.15) is 13.2 Å². The number of alkyl halides is 3. The van der Waals surface area contributed by atoms with E-state index in [9.17, 15) is 18.0 Å². The Morgan fingerprint density at radius 3 is 2.00 bits per heavy atom. The first-order valence-electron chi connectivity index (χ1n) is 4.64. The van der Waals surface area contributed by atoms with Crippen molar-refractivity contribution >= 4 is 5.97 Å². The van der Waals surface area contributed by atoms with Crippen LogP contribution in [0.25, 0.3) is 0 Å². The second kappa shape index (κ2) is 3.37. The quantitative estimate of drug-likeness (QED) is 0.689. The summed E-state index contributed by atoms with van der Waals surface area (Å²) in [7, 11) is 0. The maximum absolute atomic E-state index is 12.6. The zero-order chi connectivity index (χ0) is 11.9. The smallest absolute Gasteiger partial charge is 0.417 e. The number of ether oxygens (including phenoxy) is 1. The lowest BCUT2D eigenvalue weighted by atomic mass is 9.87. The minimum Gasteiger partial charge on any atom is -0.458 e. The summed E-state index contributed by atoms with van der Waals surface area (Å²) < 4.78 is 42.6. The molecule has 15 heavy (non-hydrogen) atoms. The van der Waals surface area contributed by atoms with Gasteiger partial charge >= 0.3 is 12.1 Å². The molecule has 88 valence electrons. The lowest BCUT2D eigenvalue weighted by Crippen LogP contribution is -2.71. The summed E-state index contributed by atoms with van der Waals surface area (Å²) in [5, 5.41) is 2.12. The van der Waals surface area contributed by atoms with E-state index in [1.54, 1.807) is 0 Å². The predicted molar refractivity (Wildman–Crippen MR) is 47.3 cm³/mol. The fraction of sp³-hybridized carbons (Fsp3) is 0.889. The van der Waals surface area contributed by atoms with Crippen molar-refractivity contribution in [2.24, 2.45) is 0 Å². The lowest BCUT2D eigenvalue weighted by Gasteiger charge is -2.42. The van der Waals surface area contributed by atoms with Crippen LogP contribution in [0, 0.1) is 0 Å². The Morgan fingerprint density at radius 2 is 1.80 bits per heavy atom. The van der Waals surface area contributed by atoms with E-state index in [1.165, 1.54) is 20.8 Å². The van der Waals surface area contributed by atoms with Gasteiger partial charge in [0.1, 0.15) is 5.60 Å². The van der Waals surface area contributed by atoms with Crippen molar-refractivity contribution in [3.63, 3.8) is 0 Å². The van der Waals surface area contributed by atoms with Crippen molar-refractivity contribution in [1.29, 1.82) is 0 Å². The fourth-order valence-corrected chi connectivity index (χ4v) is 1.27. The van der Waals surface area contributed by atoms with Crippen LogP contribution < -0.4 is 5.32 Å². The van der Waals surface area contributed by atoms with Crippen molar-refractivity contribution in [3.8, 4) is 0 Å². The average Bonchev–Trinajstić information content (AvgIpc) is 1.72. The third-order valence-electron chi connectivity index (χ3n) is 2.16. The van der Waals surface area contributed by atoms with Crippen molar-refractivity contribution in [2.75, 3.05) is 6.54 Å². The summed E-state index contributed by atoms with van der Waals surface area (Å²) >= 11 is 0. The molecule has 0 unspecified atom stereocenters. The first kappa shape index (κ1) is 12.3. The summed E-state index contributed by atoms with van der Waals surface area (Å²) in [5.41, 5.74) is -3.40. The molecule has 1 atom stereocenters. The maximum atomic E-state index is 12.6. The molecule has 0 spiro atoms. The van der Waals surface area contributed by atoms with Crippen LogP contribution in [-0.2, 0) is 9.53 Å². The molecule has 1 rings (SSSR count). The van der Waals surface area contributed by atoms with E-state index in [0.29, 0.717) is 0 Å². The fourth-order valence-electron chi connectivity index (χ4n) is 1.27. The number of rotatable bonds is 1. The first-order valence-corrected chi connectivity index (χ1v) is 4.64. The zero-order valence-corrected chi connectivity index (χ0v) is 8.86. The average molecular weight is 225 g/mol. The first-order chi connectivity index (χ1) is 6.58. The van der Waals surface area contributed by atoms with Gasteiger partial charge in [-0.15, -0.1) is 0 Å². The molecular weight excluding hydrogens is 211 g/mol. The van der Waals surface area contributed by atoms with Gasteiger partial charge in [0.05, 0.1) is 0 Å². The molecule has 1 aliphatic rings. The van der Waals surface area contributed by atoms with E-state index in [0.717, 1.165) is 0 Å². The highest BCUT2D eigenvalue weighted by molar-refractivity contribution is 5.83. The monoisotopic (exact) mass is 225 g/mol.